The highest BCUT2D eigenvalue weighted by Crippen LogP contribution is 2.26. The van der Waals surface area contributed by atoms with Crippen molar-refractivity contribution in [2.75, 3.05) is 13.2 Å². The second kappa shape index (κ2) is 63.5. The summed E-state index contributed by atoms with van der Waals surface area (Å²) in [6.45, 7) is 5.78. The zero-order valence-corrected chi connectivity index (χ0v) is 56.6. The number of aliphatic hydroxyl groups is 5. The van der Waals surface area contributed by atoms with Gasteiger partial charge in [-0.05, 0) is 89.9 Å². The summed E-state index contributed by atoms with van der Waals surface area (Å²) in [5, 5.41) is 57.3. The summed E-state index contributed by atoms with van der Waals surface area (Å²) in [5.74, 6) is -1.18. The van der Waals surface area contributed by atoms with Crippen LogP contribution in [0.15, 0.2) is 60.8 Å². The Balaban J connectivity index is 2.52. The first-order valence-corrected chi connectivity index (χ1v) is 37.1. The third kappa shape index (κ3) is 50.7. The fraction of sp³-hybridized carbons (Fsp3) is 0.842. The maximum Gasteiger partial charge on any atom is 0.306 e. The van der Waals surface area contributed by atoms with Crippen molar-refractivity contribution in [3.05, 3.63) is 60.8 Å². The Morgan fingerprint density at radius 1 is 0.448 bits per heavy atom. The Hall–Kier alpha value is -2.64. The molecule has 1 aliphatic rings. The minimum Gasteiger partial charge on any atom is -0.454 e. The van der Waals surface area contributed by atoms with Crippen molar-refractivity contribution in [1.82, 2.24) is 5.32 Å². The molecule has 0 spiro atoms. The number of nitrogens with one attached hydrogen (secondary N) is 1. The smallest absolute Gasteiger partial charge is 0.306 e. The summed E-state index contributed by atoms with van der Waals surface area (Å²) in [5.41, 5.74) is 0. The molecule has 0 aromatic carbocycles. The van der Waals surface area contributed by atoms with Gasteiger partial charge in [0, 0.05) is 6.42 Å². The van der Waals surface area contributed by atoms with Crippen LogP contribution in [-0.2, 0) is 23.8 Å². The van der Waals surface area contributed by atoms with Crippen LogP contribution in [0.2, 0.25) is 0 Å². The number of allylic oxidation sites excluding steroid dienone is 9. The van der Waals surface area contributed by atoms with Crippen molar-refractivity contribution in [2.24, 2.45) is 0 Å². The predicted molar refractivity (Wildman–Crippen MR) is 366 cm³/mol. The fourth-order valence-electron chi connectivity index (χ4n) is 11.5. The largest absolute Gasteiger partial charge is 0.454 e. The lowest BCUT2D eigenvalue weighted by atomic mass is 9.99. The highest BCUT2D eigenvalue weighted by atomic mass is 16.7. The number of carbonyl (C=O) groups excluding carboxylic acids is 2. The molecule has 87 heavy (non-hydrogen) atoms. The first kappa shape index (κ1) is 82.4. The van der Waals surface area contributed by atoms with Crippen molar-refractivity contribution >= 4 is 11.9 Å². The summed E-state index contributed by atoms with van der Waals surface area (Å²) in [6.07, 6.45) is 71.2. The molecule has 6 N–H and O–H groups in total. The van der Waals surface area contributed by atoms with Crippen LogP contribution < -0.4 is 5.32 Å². The molecule has 8 unspecified atom stereocenters. The van der Waals surface area contributed by atoms with E-state index in [4.69, 9.17) is 14.2 Å². The van der Waals surface area contributed by atoms with Crippen molar-refractivity contribution in [3.63, 3.8) is 0 Å². The summed E-state index contributed by atoms with van der Waals surface area (Å²) >= 11 is 0. The van der Waals surface area contributed by atoms with Crippen LogP contribution in [0, 0.1) is 0 Å². The normalized spacial score (nSPS) is 18.6. The topological polar surface area (TPSA) is 175 Å². The number of unbranched alkanes of at least 4 members (excludes halogenated alkanes) is 42. The number of ether oxygens (including phenoxy) is 3. The van der Waals surface area contributed by atoms with Crippen LogP contribution in [-0.4, -0.2) is 99.6 Å². The minimum atomic E-state index is -1.61. The standard InChI is InChI=1S/C76H139NO10/c1-4-7-10-13-16-19-22-24-26-28-30-32-34-36-37-39-41-43-45-48-51-54-57-60-63-69(80)75(84)77-67(68(79)62-59-56-53-50-47-21-18-15-12-9-6-3)66-85-76-74(73(83)72(82)70(65-78)86-76)87-71(81)64-61-58-55-52-49-46-44-42-40-38-35-33-31-29-27-25-23-20-17-14-11-8-5-2/h16-17,19-20,24-27,59,62,67-70,72-74,76,78-80,82-83H,4-15,18,21-23,28-58,60-61,63-66H2,1-3H3,(H,77,84)/b19-16-,20-17-,26-24-,27-25-,62-59+. The van der Waals surface area contributed by atoms with Gasteiger partial charge in [-0.25, -0.2) is 0 Å². The zero-order chi connectivity index (χ0) is 63.1. The number of amides is 1. The average molecular weight is 1230 g/mol. The van der Waals surface area contributed by atoms with Crippen LogP contribution in [0.4, 0.5) is 0 Å². The Kier molecular flexibility index (Phi) is 60.1. The van der Waals surface area contributed by atoms with E-state index in [1.165, 1.54) is 231 Å². The van der Waals surface area contributed by atoms with Gasteiger partial charge in [0.1, 0.15) is 24.4 Å². The van der Waals surface area contributed by atoms with Crippen LogP contribution in [0.1, 0.15) is 348 Å². The average Bonchev–Trinajstić information content (AvgIpc) is 1.30. The second-order valence-electron chi connectivity index (χ2n) is 25.7. The lowest BCUT2D eigenvalue weighted by Gasteiger charge is -2.41. The van der Waals surface area contributed by atoms with E-state index in [-0.39, 0.29) is 13.0 Å². The molecule has 508 valence electrons. The van der Waals surface area contributed by atoms with E-state index in [2.05, 4.69) is 74.7 Å². The van der Waals surface area contributed by atoms with E-state index >= 15 is 0 Å². The van der Waals surface area contributed by atoms with E-state index in [0.29, 0.717) is 19.3 Å². The summed E-state index contributed by atoms with van der Waals surface area (Å²) in [4.78, 5) is 26.7. The third-order valence-electron chi connectivity index (χ3n) is 17.4. The molecule has 1 heterocycles. The molecule has 0 bridgehead atoms. The number of aliphatic hydroxyl groups excluding tert-OH is 5. The van der Waals surface area contributed by atoms with Gasteiger partial charge in [-0.15, -0.1) is 0 Å². The number of rotatable bonds is 64. The molecule has 0 aromatic heterocycles. The van der Waals surface area contributed by atoms with Gasteiger partial charge >= 0.3 is 5.97 Å². The van der Waals surface area contributed by atoms with E-state index in [1.54, 1.807) is 6.08 Å². The zero-order valence-electron chi connectivity index (χ0n) is 56.6. The SMILES string of the molecule is CCCCC/C=C\C/C=C\CCCCCCCCCCCCCCCCC(O)C(=O)NC(COC1OC(CO)C(O)C(O)C1OC(=O)CCCCCCCCCCCCCCC/C=C\C/C=C\CCCCC)C(O)/C=C/CCCCCCCCCCC. The van der Waals surface area contributed by atoms with Gasteiger partial charge in [-0.3, -0.25) is 9.59 Å². The second-order valence-corrected chi connectivity index (χ2v) is 25.7. The van der Waals surface area contributed by atoms with Crippen molar-refractivity contribution in [2.45, 2.75) is 397 Å². The number of esters is 1. The molecular weight excluding hydrogens is 1090 g/mol. The van der Waals surface area contributed by atoms with Crippen LogP contribution in [0.5, 0.6) is 0 Å². The van der Waals surface area contributed by atoms with Crippen molar-refractivity contribution < 1.29 is 49.3 Å². The monoisotopic (exact) mass is 1230 g/mol. The Morgan fingerprint density at radius 2 is 0.793 bits per heavy atom. The number of hydrogen-bond donors (Lipinski definition) is 6. The predicted octanol–water partition coefficient (Wildman–Crippen LogP) is 19.3. The van der Waals surface area contributed by atoms with E-state index in [1.807, 2.05) is 6.08 Å². The lowest BCUT2D eigenvalue weighted by Crippen LogP contribution is -2.61. The molecule has 8 atom stereocenters. The summed E-state index contributed by atoms with van der Waals surface area (Å²) in [7, 11) is 0. The van der Waals surface area contributed by atoms with Gasteiger partial charge in [0.15, 0.2) is 12.4 Å². The van der Waals surface area contributed by atoms with Crippen LogP contribution in [0.25, 0.3) is 0 Å². The molecule has 11 nitrogen and oxygen atoms in total. The van der Waals surface area contributed by atoms with Gasteiger partial charge in [0.25, 0.3) is 0 Å². The quantitative estimate of drug-likeness (QED) is 0.0195. The summed E-state index contributed by atoms with van der Waals surface area (Å²) in [6, 6.07) is -1.02. The molecule has 1 amide bonds. The molecule has 0 saturated carbocycles. The van der Waals surface area contributed by atoms with Gasteiger partial charge in [0.2, 0.25) is 5.91 Å². The van der Waals surface area contributed by atoms with Gasteiger partial charge in [-0.1, -0.05) is 313 Å². The molecule has 11 heteroatoms. The highest BCUT2D eigenvalue weighted by Gasteiger charge is 2.47. The molecule has 0 aliphatic carbocycles. The molecule has 0 radical (unpaired) electrons. The Bertz CT molecular complexity index is 1650. The molecule has 1 saturated heterocycles. The Labute approximate surface area is 535 Å². The van der Waals surface area contributed by atoms with Crippen molar-refractivity contribution in [1.29, 1.82) is 0 Å². The maximum atomic E-state index is 13.5. The molecule has 1 rings (SSSR count). The lowest BCUT2D eigenvalue weighted by molar-refractivity contribution is -0.305. The van der Waals surface area contributed by atoms with E-state index in [0.717, 1.165) is 70.6 Å². The molecule has 1 aliphatic heterocycles. The van der Waals surface area contributed by atoms with Gasteiger partial charge in [0.05, 0.1) is 25.4 Å². The van der Waals surface area contributed by atoms with E-state index < -0.39 is 67.4 Å². The first-order chi connectivity index (χ1) is 42.7. The van der Waals surface area contributed by atoms with Gasteiger partial charge in [-0.2, -0.15) is 0 Å². The molecule has 0 aromatic rings. The van der Waals surface area contributed by atoms with Crippen LogP contribution in [0.3, 0.4) is 0 Å². The summed E-state index contributed by atoms with van der Waals surface area (Å²) < 4.78 is 17.7. The maximum absolute atomic E-state index is 13.5. The fourth-order valence-corrected chi connectivity index (χ4v) is 11.5. The Morgan fingerprint density at radius 3 is 1.20 bits per heavy atom. The molecule has 1 fully saturated rings. The number of carbonyl (C=O) groups is 2. The van der Waals surface area contributed by atoms with Gasteiger partial charge < -0.3 is 45.1 Å². The van der Waals surface area contributed by atoms with Crippen molar-refractivity contribution in [3.8, 4) is 0 Å². The third-order valence-corrected chi connectivity index (χ3v) is 17.4. The molecular formula is C76H139NO10. The highest BCUT2D eigenvalue weighted by molar-refractivity contribution is 5.80. The first-order valence-electron chi connectivity index (χ1n) is 37.1. The van der Waals surface area contributed by atoms with Crippen LogP contribution >= 0.6 is 0 Å². The minimum absolute atomic E-state index is 0.124. The number of hydrogen-bond acceptors (Lipinski definition) is 10. The van der Waals surface area contributed by atoms with E-state index in [9.17, 15) is 35.1 Å².